The Kier molecular flexibility index (Phi) is 5.13. The number of nitrogens with zero attached hydrogens (tertiary/aromatic N) is 3. The molecule has 5 aromatic carbocycles. The second-order valence-electron chi connectivity index (χ2n) is 10.6. The third-order valence-electron chi connectivity index (χ3n) is 8.20. The van der Waals surface area contributed by atoms with Crippen LogP contribution in [0.15, 0.2) is 149 Å². The molecule has 0 fully saturated rings. The summed E-state index contributed by atoms with van der Waals surface area (Å²) in [7, 11) is 0. The number of rotatable bonds is 4. The fourth-order valence-electron chi connectivity index (χ4n) is 6.32. The minimum Gasteiger partial charge on any atom is -0.452 e. The smallest absolute Gasteiger partial charge is 0.229 e. The van der Waals surface area contributed by atoms with Crippen LogP contribution in [0.1, 0.15) is 0 Å². The largest absolute Gasteiger partial charge is 0.452 e. The molecule has 0 aliphatic heterocycles. The summed E-state index contributed by atoms with van der Waals surface area (Å²) >= 11 is 0. The summed E-state index contributed by atoms with van der Waals surface area (Å²) in [5, 5.41) is 5.20. The molecule has 0 unspecified atom stereocenters. The SMILES string of the molecule is c1ccc(-c2ccc(N(c3ccnc4c3oc3ccccc34)c3ccnc4oc5ccccc5c34)c3ccccc23)cc1. The summed E-state index contributed by atoms with van der Waals surface area (Å²) in [6.07, 6.45) is 3.67. The van der Waals surface area contributed by atoms with Crippen molar-refractivity contribution in [2.45, 2.75) is 0 Å². The molecule has 0 bridgehead atoms. The van der Waals surface area contributed by atoms with Crippen molar-refractivity contribution in [3.8, 4) is 11.1 Å². The predicted molar refractivity (Wildman–Crippen MR) is 174 cm³/mol. The molecule has 5 heteroatoms. The third-order valence-corrected chi connectivity index (χ3v) is 8.20. The molecule has 5 nitrogen and oxygen atoms in total. The molecular formula is C38H23N3O2. The zero-order chi connectivity index (χ0) is 28.3. The maximum absolute atomic E-state index is 6.55. The molecule has 0 saturated heterocycles. The van der Waals surface area contributed by atoms with Gasteiger partial charge in [0, 0.05) is 28.6 Å². The Labute approximate surface area is 246 Å². The van der Waals surface area contributed by atoms with Crippen molar-refractivity contribution in [1.29, 1.82) is 0 Å². The van der Waals surface area contributed by atoms with Gasteiger partial charge in [-0.05, 0) is 52.9 Å². The lowest BCUT2D eigenvalue weighted by Gasteiger charge is -2.27. The fraction of sp³-hybridized carbons (Fsp3) is 0. The molecule has 0 radical (unpaired) electrons. The van der Waals surface area contributed by atoms with Crippen LogP contribution in [-0.4, -0.2) is 9.97 Å². The van der Waals surface area contributed by atoms with Gasteiger partial charge in [0.1, 0.15) is 16.7 Å². The topological polar surface area (TPSA) is 55.3 Å². The molecule has 4 aromatic heterocycles. The van der Waals surface area contributed by atoms with E-state index in [-0.39, 0.29) is 0 Å². The van der Waals surface area contributed by atoms with E-state index in [4.69, 9.17) is 13.8 Å². The van der Waals surface area contributed by atoms with E-state index < -0.39 is 0 Å². The minimum absolute atomic E-state index is 0.587. The molecule has 0 spiro atoms. The molecule has 0 saturated carbocycles. The standard InChI is InChI=1S/C38H23N3O2/c1-2-10-24(11-3-1)25-18-19-30(27-13-5-4-12-26(25)27)41(31-20-23-40-38-35(31)28-14-6-8-16-33(28)43-38)32-21-22-39-36-29-15-7-9-17-34(29)42-37(32)36/h1-23H. The average molecular weight is 554 g/mol. The van der Waals surface area contributed by atoms with Gasteiger partial charge in [-0.2, -0.15) is 0 Å². The number of hydrogen-bond acceptors (Lipinski definition) is 5. The van der Waals surface area contributed by atoms with Gasteiger partial charge in [0.2, 0.25) is 5.71 Å². The fourth-order valence-corrected chi connectivity index (χ4v) is 6.32. The van der Waals surface area contributed by atoms with Crippen LogP contribution in [0.2, 0.25) is 0 Å². The lowest BCUT2D eigenvalue weighted by atomic mass is 9.96. The number of para-hydroxylation sites is 2. The summed E-state index contributed by atoms with van der Waals surface area (Å²) in [5.74, 6) is 0. The van der Waals surface area contributed by atoms with Crippen LogP contribution >= 0.6 is 0 Å². The van der Waals surface area contributed by atoms with Crippen molar-refractivity contribution in [3.05, 3.63) is 140 Å². The number of furan rings is 2. The molecule has 0 amide bonds. The van der Waals surface area contributed by atoms with Crippen molar-refractivity contribution in [1.82, 2.24) is 9.97 Å². The molecule has 9 aromatic rings. The second kappa shape index (κ2) is 9.29. The van der Waals surface area contributed by atoms with E-state index in [2.05, 4.69) is 88.7 Å². The van der Waals surface area contributed by atoms with Crippen LogP contribution in [-0.2, 0) is 0 Å². The van der Waals surface area contributed by atoms with E-state index in [0.717, 1.165) is 66.3 Å². The van der Waals surface area contributed by atoms with E-state index >= 15 is 0 Å². The Hall–Kier alpha value is -5.94. The molecule has 0 aliphatic carbocycles. The monoisotopic (exact) mass is 553 g/mol. The average Bonchev–Trinajstić information content (AvgIpc) is 3.65. The molecule has 0 atom stereocenters. The van der Waals surface area contributed by atoms with Crippen LogP contribution in [0.4, 0.5) is 17.1 Å². The van der Waals surface area contributed by atoms with Gasteiger partial charge in [0.05, 0.1) is 22.4 Å². The van der Waals surface area contributed by atoms with E-state index in [9.17, 15) is 0 Å². The number of aromatic nitrogens is 2. The lowest BCUT2D eigenvalue weighted by molar-refractivity contribution is 0.654. The number of hydrogen-bond donors (Lipinski definition) is 0. The summed E-state index contributed by atoms with van der Waals surface area (Å²) in [5.41, 5.74) is 8.93. The highest BCUT2D eigenvalue weighted by Gasteiger charge is 2.25. The van der Waals surface area contributed by atoms with Gasteiger partial charge in [-0.1, -0.05) is 91.0 Å². The van der Waals surface area contributed by atoms with Crippen LogP contribution in [0.3, 0.4) is 0 Å². The normalized spacial score (nSPS) is 11.7. The molecule has 202 valence electrons. The number of pyridine rings is 2. The zero-order valence-electron chi connectivity index (χ0n) is 22.9. The van der Waals surface area contributed by atoms with E-state index in [1.165, 1.54) is 11.1 Å². The predicted octanol–water partition coefficient (Wildman–Crippen LogP) is 10.6. The van der Waals surface area contributed by atoms with Gasteiger partial charge in [-0.3, -0.25) is 4.98 Å². The summed E-state index contributed by atoms with van der Waals surface area (Å²) in [6.45, 7) is 0. The van der Waals surface area contributed by atoms with Crippen molar-refractivity contribution in [2.75, 3.05) is 4.90 Å². The highest BCUT2D eigenvalue weighted by atomic mass is 16.3. The molecule has 9 rings (SSSR count). The summed E-state index contributed by atoms with van der Waals surface area (Å²) < 4.78 is 12.8. The maximum Gasteiger partial charge on any atom is 0.229 e. The maximum atomic E-state index is 6.55. The van der Waals surface area contributed by atoms with Crippen molar-refractivity contribution in [3.63, 3.8) is 0 Å². The first-order valence-corrected chi connectivity index (χ1v) is 14.2. The van der Waals surface area contributed by atoms with Gasteiger partial charge in [0.25, 0.3) is 0 Å². The number of fused-ring (bicyclic) bond motifs is 7. The van der Waals surface area contributed by atoms with Gasteiger partial charge in [-0.25, -0.2) is 4.98 Å². The van der Waals surface area contributed by atoms with Crippen molar-refractivity contribution < 1.29 is 8.83 Å². The third kappa shape index (κ3) is 3.58. The van der Waals surface area contributed by atoms with Gasteiger partial charge >= 0.3 is 0 Å². The van der Waals surface area contributed by atoms with E-state index in [0.29, 0.717) is 5.71 Å². The van der Waals surface area contributed by atoms with Crippen molar-refractivity contribution in [2.24, 2.45) is 0 Å². The van der Waals surface area contributed by atoms with E-state index in [1.807, 2.05) is 60.9 Å². The van der Waals surface area contributed by atoms with Crippen LogP contribution in [0, 0.1) is 0 Å². The Morgan fingerprint density at radius 2 is 1.12 bits per heavy atom. The van der Waals surface area contributed by atoms with Gasteiger partial charge in [0.15, 0.2) is 5.58 Å². The molecule has 4 heterocycles. The van der Waals surface area contributed by atoms with Gasteiger partial charge in [-0.15, -0.1) is 0 Å². The number of anilines is 3. The Bertz CT molecular complexity index is 2480. The van der Waals surface area contributed by atoms with Gasteiger partial charge < -0.3 is 13.7 Å². The van der Waals surface area contributed by atoms with E-state index in [1.54, 1.807) is 0 Å². The first kappa shape index (κ1) is 23.7. The van der Waals surface area contributed by atoms with Crippen molar-refractivity contribution >= 4 is 72.0 Å². The van der Waals surface area contributed by atoms with Crippen LogP contribution in [0.5, 0.6) is 0 Å². The highest BCUT2D eigenvalue weighted by molar-refractivity contribution is 6.17. The van der Waals surface area contributed by atoms with Crippen LogP contribution < -0.4 is 4.90 Å². The minimum atomic E-state index is 0.587. The summed E-state index contributed by atoms with van der Waals surface area (Å²) in [4.78, 5) is 11.7. The quantitative estimate of drug-likeness (QED) is 0.217. The van der Waals surface area contributed by atoms with Crippen LogP contribution in [0.25, 0.3) is 66.0 Å². The zero-order valence-corrected chi connectivity index (χ0v) is 22.9. The Balaban J connectivity index is 1.41. The Morgan fingerprint density at radius 3 is 1.95 bits per heavy atom. The first-order valence-electron chi connectivity index (χ1n) is 14.2. The highest BCUT2D eigenvalue weighted by Crippen LogP contribution is 2.48. The molecule has 43 heavy (non-hydrogen) atoms. The number of benzene rings is 5. The summed E-state index contributed by atoms with van der Waals surface area (Å²) in [6, 6.07) is 43.7. The Morgan fingerprint density at radius 1 is 0.465 bits per heavy atom. The second-order valence-corrected chi connectivity index (χ2v) is 10.6. The first-order chi connectivity index (χ1) is 21.3. The molecular weight excluding hydrogens is 530 g/mol. The molecule has 0 aliphatic rings. The lowest BCUT2D eigenvalue weighted by Crippen LogP contribution is -2.12. The molecule has 0 N–H and O–H groups in total.